The average molecular weight is 809 g/mol. The Balaban J connectivity index is 0.000000319. The van der Waals surface area contributed by atoms with Gasteiger partial charge in [-0.2, -0.15) is 0 Å². The van der Waals surface area contributed by atoms with Crippen molar-refractivity contribution in [3.8, 4) is 0 Å². The maximum Gasteiger partial charge on any atom is 0.00516 e. The van der Waals surface area contributed by atoms with Gasteiger partial charge in [0.2, 0.25) is 0 Å². The Morgan fingerprint density at radius 2 is 0.340 bits per heavy atom. The summed E-state index contributed by atoms with van der Waals surface area (Å²) < 4.78 is 0. The fourth-order valence-electron chi connectivity index (χ4n) is 4.00. The van der Waals surface area contributed by atoms with Crippen LogP contribution in [0.4, 0.5) is 0 Å². The Hall–Kier alpha value is -1.69. The van der Waals surface area contributed by atoms with E-state index in [0.717, 1.165) is 22.3 Å². The summed E-state index contributed by atoms with van der Waals surface area (Å²) in [5.41, 5.74) is 3.38. The standard InChI is InChI=1S/2C13H11O.4C5H5.2Zr/c2*14-13(11-7-3-1-4-8-11)12-9-5-2-6-10-12;4*1-2-4-5-3-1;;/h2*1-10,14H;4*1-5H;;/q2*-1;;;;;;. The topological polar surface area (TPSA) is 40.5 Å². The van der Waals surface area contributed by atoms with Crippen molar-refractivity contribution in [1.29, 1.82) is 0 Å². The van der Waals surface area contributed by atoms with E-state index in [9.17, 15) is 10.2 Å². The van der Waals surface area contributed by atoms with E-state index in [-0.39, 0.29) is 52.4 Å². The number of rotatable bonds is 4. The van der Waals surface area contributed by atoms with Crippen LogP contribution in [0.25, 0.3) is 0 Å². The van der Waals surface area contributed by atoms with E-state index < -0.39 is 0 Å². The van der Waals surface area contributed by atoms with E-state index in [2.05, 4.69) is 0 Å². The fraction of sp³-hybridized carbons (Fsp3) is 0. The van der Waals surface area contributed by atoms with Gasteiger partial charge < -0.3 is 10.2 Å². The molecule has 0 bridgehead atoms. The Labute approximate surface area is 344 Å². The van der Waals surface area contributed by atoms with Crippen LogP contribution in [-0.2, 0) is 52.4 Å². The molecule has 248 valence electrons. The van der Waals surface area contributed by atoms with Crippen molar-refractivity contribution in [3.05, 3.63) is 284 Å². The molecule has 4 aromatic rings. The van der Waals surface area contributed by atoms with Crippen molar-refractivity contribution in [2.75, 3.05) is 0 Å². The predicted octanol–water partition coefficient (Wildman–Crippen LogP) is 10.1. The molecule has 0 aliphatic heterocycles. The van der Waals surface area contributed by atoms with E-state index in [1.807, 2.05) is 250 Å². The second-order valence-electron chi connectivity index (χ2n) is 10.0. The molecule has 4 aliphatic rings. The summed E-state index contributed by atoms with van der Waals surface area (Å²) in [6, 6.07) is 38.1. The van der Waals surface area contributed by atoms with E-state index >= 15 is 0 Å². The number of hydrogen-bond donors (Lipinski definition) is 2. The van der Waals surface area contributed by atoms with Crippen LogP contribution >= 0.6 is 0 Å². The quantitative estimate of drug-likeness (QED) is 0.202. The van der Waals surface area contributed by atoms with Crippen LogP contribution in [0.15, 0.2) is 121 Å². The Morgan fingerprint density at radius 3 is 0.460 bits per heavy atom. The summed E-state index contributed by atoms with van der Waals surface area (Å²) in [5.74, 6) is 0. The fourth-order valence-corrected chi connectivity index (χ4v) is 4.00. The molecule has 0 atom stereocenters. The minimum atomic E-state index is 0. The first-order chi connectivity index (χ1) is 23.8. The van der Waals surface area contributed by atoms with Crippen molar-refractivity contribution in [3.63, 3.8) is 0 Å². The van der Waals surface area contributed by atoms with Gasteiger partial charge in [0.05, 0.1) is 0 Å². The monoisotopic (exact) mass is 806 g/mol. The van der Waals surface area contributed by atoms with Crippen LogP contribution in [0, 0.1) is 141 Å². The molecule has 50 heavy (non-hydrogen) atoms. The maximum absolute atomic E-state index is 9.91. The van der Waals surface area contributed by atoms with Gasteiger partial charge in [0.15, 0.2) is 0 Å². The molecule has 0 unspecified atom stereocenters. The Morgan fingerprint density at radius 1 is 0.220 bits per heavy atom. The summed E-state index contributed by atoms with van der Waals surface area (Å²) in [6.45, 7) is 0. The van der Waals surface area contributed by atoms with Crippen molar-refractivity contribution >= 4 is 0 Å². The van der Waals surface area contributed by atoms with Gasteiger partial charge in [-0.05, 0) is 128 Å². The first-order valence-electron chi connectivity index (χ1n) is 15.8. The summed E-state index contributed by atoms with van der Waals surface area (Å²) in [4.78, 5) is 0. The first-order valence-corrected chi connectivity index (χ1v) is 15.8. The van der Waals surface area contributed by atoms with Crippen molar-refractivity contribution in [1.82, 2.24) is 0 Å². The van der Waals surface area contributed by atoms with Gasteiger partial charge in [0.1, 0.15) is 0 Å². The maximum atomic E-state index is 9.91. The Bertz CT molecular complexity index is 1010. The molecule has 20 radical (unpaired) electrons. The van der Waals surface area contributed by atoms with Gasteiger partial charge >= 0.3 is 0 Å². The summed E-state index contributed by atoms with van der Waals surface area (Å²) in [7, 11) is 0. The molecule has 0 saturated heterocycles. The molecular weight excluding hydrogens is 767 g/mol. The summed E-state index contributed by atoms with van der Waals surface area (Å²) in [6.07, 6.45) is 40.7. The van der Waals surface area contributed by atoms with Crippen LogP contribution < -0.4 is 0 Å². The molecule has 0 amide bonds. The predicted molar refractivity (Wildman–Crippen MR) is 199 cm³/mol. The third kappa shape index (κ3) is 21.6. The number of benzene rings is 4. The van der Waals surface area contributed by atoms with Crippen molar-refractivity contribution in [2.24, 2.45) is 0 Å². The van der Waals surface area contributed by atoms with Gasteiger partial charge in [-0.15, -0.1) is 48.5 Å². The van der Waals surface area contributed by atoms with E-state index in [1.165, 1.54) is 0 Å². The summed E-state index contributed by atoms with van der Waals surface area (Å²) in [5, 5.41) is 19.8. The summed E-state index contributed by atoms with van der Waals surface area (Å²) >= 11 is 0. The third-order valence-electron chi connectivity index (χ3n) is 6.41. The second-order valence-corrected chi connectivity index (χ2v) is 10.0. The molecule has 0 heterocycles. The average Bonchev–Trinajstić information content (AvgIpc) is 4.03. The van der Waals surface area contributed by atoms with Gasteiger partial charge in [-0.1, -0.05) is 95.1 Å². The van der Waals surface area contributed by atoms with Crippen molar-refractivity contribution < 1.29 is 62.6 Å². The van der Waals surface area contributed by atoms with Crippen LogP contribution in [0.1, 0.15) is 22.3 Å². The van der Waals surface area contributed by atoms with Gasteiger partial charge in [-0.25, -0.2) is 0 Å². The third-order valence-corrected chi connectivity index (χ3v) is 6.41. The SMILES string of the molecule is O[C-](c1ccccc1)c1ccccc1.O[C-](c1ccccc1)c1ccccc1.[CH]1[CH][CH][CH][CH]1.[CH]1[CH][CH][CH][CH]1.[CH]1[CH][CH][CH][CH]1.[CH]1[CH][CH][CH][CH]1.[Zr].[Zr]. The Kier molecular flexibility index (Phi) is 29.6. The van der Waals surface area contributed by atoms with Crippen LogP contribution in [0.2, 0.25) is 0 Å². The molecule has 2 N–H and O–H groups in total. The molecule has 2 nitrogen and oxygen atoms in total. The first kappa shape index (κ1) is 46.3. The van der Waals surface area contributed by atoms with E-state index in [4.69, 9.17) is 0 Å². The van der Waals surface area contributed by atoms with Gasteiger partial charge in [-0.3, -0.25) is 0 Å². The molecule has 4 heteroatoms. The van der Waals surface area contributed by atoms with Crippen LogP contribution in [0.3, 0.4) is 0 Å². The normalized spacial score (nSPS) is 15.1. The van der Waals surface area contributed by atoms with Crippen LogP contribution in [-0.4, -0.2) is 10.2 Å². The molecule has 8 rings (SSSR count). The minimum absolute atomic E-state index is 0. The molecular formula is C46H42O2Zr2-2. The van der Waals surface area contributed by atoms with E-state index in [1.54, 1.807) is 0 Å². The molecule has 4 aliphatic carbocycles. The molecule has 0 aromatic heterocycles. The smallest absolute Gasteiger partial charge is 0.00516 e. The van der Waals surface area contributed by atoms with E-state index in [0.29, 0.717) is 12.2 Å². The number of aliphatic hydroxyl groups excluding tert-OH is 2. The van der Waals surface area contributed by atoms with Crippen LogP contribution in [0.5, 0.6) is 0 Å². The number of aliphatic hydroxyl groups is 2. The molecule has 0 spiro atoms. The molecule has 4 saturated carbocycles. The van der Waals surface area contributed by atoms with Crippen molar-refractivity contribution in [2.45, 2.75) is 0 Å². The zero-order valence-corrected chi connectivity index (χ0v) is 32.9. The zero-order chi connectivity index (χ0) is 33.7. The number of hydrogen-bond acceptors (Lipinski definition) is 2. The molecule has 4 fully saturated rings. The van der Waals surface area contributed by atoms with Gasteiger partial charge in [0, 0.05) is 64.6 Å². The second kappa shape index (κ2) is 32.0. The van der Waals surface area contributed by atoms with Gasteiger partial charge in [0.25, 0.3) is 0 Å². The molecule has 4 aromatic carbocycles. The minimum Gasteiger partial charge on any atom is -0.398 e. The zero-order valence-electron chi connectivity index (χ0n) is 28.0. The largest absolute Gasteiger partial charge is 0.398 e.